The number of hydrogen-bond acceptors (Lipinski definition) is 7. The van der Waals surface area contributed by atoms with Crippen LogP contribution in [-0.4, -0.2) is 40.7 Å². The largest absolute Gasteiger partial charge is 0.493 e. The molecular weight excluding hydrogens is 410 g/mol. The fraction of sp³-hybridized carbons (Fsp3) is 0.211. The molecule has 0 spiro atoms. The van der Waals surface area contributed by atoms with Gasteiger partial charge in [0.05, 0.1) is 12.2 Å². The Morgan fingerprint density at radius 3 is 2.68 bits per heavy atom. The van der Waals surface area contributed by atoms with E-state index in [0.717, 1.165) is 18.9 Å². The Balaban J connectivity index is 1.58. The fourth-order valence-corrected chi connectivity index (χ4v) is 3.05. The van der Waals surface area contributed by atoms with Gasteiger partial charge in [0, 0.05) is 17.8 Å². The predicted octanol–water partition coefficient (Wildman–Crippen LogP) is 0.347. The highest BCUT2D eigenvalue weighted by atomic mass is 19.1. The molecule has 0 radical (unpaired) electrons. The Morgan fingerprint density at radius 1 is 1.23 bits per heavy atom. The predicted molar refractivity (Wildman–Crippen MR) is 105 cm³/mol. The zero-order chi connectivity index (χ0) is 21.5. The Kier molecular flexibility index (Phi) is 4.46. The molecule has 4 N–H and O–H groups in total. The summed E-state index contributed by atoms with van der Waals surface area (Å²) in [5.74, 6) is -1.47. The van der Waals surface area contributed by atoms with Crippen LogP contribution in [0.2, 0.25) is 0 Å². The minimum absolute atomic E-state index is 0.0901. The van der Waals surface area contributed by atoms with E-state index in [0.29, 0.717) is 22.0 Å². The first kappa shape index (κ1) is 18.9. The van der Waals surface area contributed by atoms with Crippen LogP contribution in [-0.2, 0) is 6.54 Å². The van der Waals surface area contributed by atoms with Gasteiger partial charge in [-0.1, -0.05) is 0 Å². The number of H-pyrrole nitrogens is 2. The smallest absolute Gasteiger partial charge is 0.326 e. The molecule has 0 unspecified atom stereocenters. The summed E-state index contributed by atoms with van der Waals surface area (Å²) in [7, 11) is 0. The molecule has 10 nitrogen and oxygen atoms in total. The number of nitrogens with one attached hydrogen (secondary N) is 3. The van der Waals surface area contributed by atoms with Crippen molar-refractivity contribution in [3.8, 4) is 5.88 Å². The zero-order valence-electron chi connectivity index (χ0n) is 15.9. The lowest BCUT2D eigenvalue weighted by molar-refractivity contribution is 0.454. The third-order valence-electron chi connectivity index (χ3n) is 4.63. The zero-order valence-corrected chi connectivity index (χ0v) is 15.9. The van der Waals surface area contributed by atoms with Crippen LogP contribution in [0.3, 0.4) is 0 Å². The van der Waals surface area contributed by atoms with Crippen LogP contribution in [0.25, 0.3) is 11.7 Å². The Bertz CT molecular complexity index is 1450. The van der Waals surface area contributed by atoms with Crippen LogP contribution < -0.4 is 21.8 Å². The van der Waals surface area contributed by atoms with Crippen LogP contribution >= 0.6 is 0 Å². The molecular formula is C19H16F2N8O2. The molecule has 1 aliphatic rings. The molecule has 3 heterocycles. The van der Waals surface area contributed by atoms with E-state index >= 15 is 0 Å². The number of rotatable bonds is 5. The molecule has 4 aromatic rings. The van der Waals surface area contributed by atoms with E-state index in [-0.39, 0.29) is 30.1 Å². The van der Waals surface area contributed by atoms with Gasteiger partial charge in [0.2, 0.25) is 11.8 Å². The average Bonchev–Trinajstić information content (AvgIpc) is 3.34. The van der Waals surface area contributed by atoms with Gasteiger partial charge in [0.25, 0.3) is 5.62 Å². The van der Waals surface area contributed by atoms with Crippen molar-refractivity contribution in [2.24, 2.45) is 4.99 Å². The van der Waals surface area contributed by atoms with E-state index in [1.807, 2.05) is 0 Å². The molecule has 0 atom stereocenters. The van der Waals surface area contributed by atoms with Gasteiger partial charge in [0.15, 0.2) is 5.65 Å². The molecule has 1 aliphatic carbocycles. The summed E-state index contributed by atoms with van der Waals surface area (Å²) in [5.41, 5.74) is 0.709. The molecule has 158 valence electrons. The van der Waals surface area contributed by atoms with Crippen LogP contribution in [0.5, 0.6) is 5.88 Å². The first-order chi connectivity index (χ1) is 14.9. The number of nitrogens with zero attached hydrogens (tertiary/aromatic N) is 5. The van der Waals surface area contributed by atoms with E-state index in [1.54, 1.807) is 0 Å². The van der Waals surface area contributed by atoms with Crippen LogP contribution in [0.4, 0.5) is 14.7 Å². The van der Waals surface area contributed by atoms with Crippen LogP contribution in [0.1, 0.15) is 24.1 Å². The van der Waals surface area contributed by atoms with Crippen molar-refractivity contribution < 1.29 is 13.9 Å². The topological polar surface area (TPSA) is 136 Å². The third-order valence-corrected chi connectivity index (χ3v) is 4.63. The van der Waals surface area contributed by atoms with E-state index in [2.05, 4.69) is 35.3 Å². The first-order valence-electron chi connectivity index (χ1n) is 9.46. The maximum absolute atomic E-state index is 13.5. The van der Waals surface area contributed by atoms with E-state index in [1.165, 1.54) is 28.9 Å². The Morgan fingerprint density at radius 2 is 2.00 bits per heavy atom. The molecule has 1 fully saturated rings. The van der Waals surface area contributed by atoms with Crippen LogP contribution in [0.15, 0.2) is 34.2 Å². The number of imidazole rings is 1. The molecule has 12 heteroatoms. The van der Waals surface area contributed by atoms with Gasteiger partial charge in [-0.25, -0.2) is 18.6 Å². The summed E-state index contributed by atoms with van der Waals surface area (Å²) in [6.07, 6.45) is 4.92. The molecule has 1 aromatic carbocycles. The van der Waals surface area contributed by atoms with E-state index in [4.69, 9.17) is 0 Å². The van der Waals surface area contributed by atoms with Gasteiger partial charge in [-0.15, -0.1) is 0 Å². The van der Waals surface area contributed by atoms with Gasteiger partial charge < -0.3 is 15.4 Å². The van der Waals surface area contributed by atoms with Gasteiger partial charge in [0.1, 0.15) is 17.3 Å². The second-order valence-corrected chi connectivity index (χ2v) is 7.16. The lowest BCUT2D eigenvalue weighted by Gasteiger charge is -2.06. The van der Waals surface area contributed by atoms with Crippen molar-refractivity contribution in [1.82, 2.24) is 29.5 Å². The molecule has 0 saturated heterocycles. The highest BCUT2D eigenvalue weighted by Crippen LogP contribution is 2.22. The molecule has 31 heavy (non-hydrogen) atoms. The number of aromatic hydroxyl groups is 1. The van der Waals surface area contributed by atoms with Crippen molar-refractivity contribution >= 4 is 17.7 Å². The molecule has 1 saturated carbocycles. The highest BCUT2D eigenvalue weighted by Gasteiger charge is 2.21. The minimum atomic E-state index is -0.675. The SMILES string of the molecule is O=c1[nH]c(O)c(C=c2cnn3c(=NC4CC4)nc(NCc4cc(F)cc(F)c4)nc23)[nH]1. The van der Waals surface area contributed by atoms with Crippen LogP contribution in [0, 0.1) is 11.6 Å². The van der Waals surface area contributed by atoms with E-state index < -0.39 is 17.3 Å². The minimum Gasteiger partial charge on any atom is -0.493 e. The molecule has 0 amide bonds. The Hall–Kier alpha value is -4.09. The standard InChI is InChI=1S/C19H16F2N8O2/c20-11-3-9(4-12(21)6-11)7-22-17-26-15-10(5-14-16(30)27-19(31)25-14)8-23-29(15)18(28-17)24-13-1-2-13/h3-6,8,13,30H,1-2,7H2,(H,22,24,28)(H2,25,27,31). The third kappa shape index (κ3) is 3.99. The average molecular weight is 426 g/mol. The number of benzene rings is 1. The fourth-order valence-electron chi connectivity index (χ4n) is 3.05. The summed E-state index contributed by atoms with van der Waals surface area (Å²) < 4.78 is 28.4. The van der Waals surface area contributed by atoms with Gasteiger partial charge in [-0.2, -0.15) is 19.6 Å². The van der Waals surface area contributed by atoms with Crippen molar-refractivity contribution in [3.05, 3.63) is 68.6 Å². The summed E-state index contributed by atoms with van der Waals surface area (Å²) in [5, 5.41) is 17.5. The van der Waals surface area contributed by atoms with Crippen molar-refractivity contribution in [3.63, 3.8) is 0 Å². The Labute approximate surface area is 172 Å². The molecule has 0 bridgehead atoms. The maximum atomic E-state index is 13.5. The quantitative estimate of drug-likeness (QED) is 0.364. The maximum Gasteiger partial charge on any atom is 0.326 e. The summed E-state index contributed by atoms with van der Waals surface area (Å²) in [6, 6.07) is 3.39. The summed E-state index contributed by atoms with van der Waals surface area (Å²) in [4.78, 5) is 29.5. The van der Waals surface area contributed by atoms with Crippen molar-refractivity contribution in [1.29, 1.82) is 0 Å². The second-order valence-electron chi connectivity index (χ2n) is 7.16. The lowest BCUT2D eigenvalue weighted by Crippen LogP contribution is -2.24. The number of hydrogen-bond donors (Lipinski definition) is 4. The van der Waals surface area contributed by atoms with Gasteiger partial charge in [-0.05, 0) is 36.6 Å². The number of halogens is 2. The summed E-state index contributed by atoms with van der Waals surface area (Å²) >= 11 is 0. The van der Waals surface area contributed by atoms with Crippen molar-refractivity contribution in [2.75, 3.05) is 5.32 Å². The van der Waals surface area contributed by atoms with Crippen molar-refractivity contribution in [2.45, 2.75) is 25.4 Å². The number of aromatic nitrogens is 6. The highest BCUT2D eigenvalue weighted by molar-refractivity contribution is 5.57. The normalized spacial score (nSPS) is 15.2. The molecule has 3 aromatic heterocycles. The number of fused-ring (bicyclic) bond motifs is 1. The van der Waals surface area contributed by atoms with E-state index in [9.17, 15) is 18.7 Å². The lowest BCUT2D eigenvalue weighted by atomic mass is 10.2. The second kappa shape index (κ2) is 7.31. The number of anilines is 1. The monoisotopic (exact) mass is 426 g/mol. The van der Waals surface area contributed by atoms with Gasteiger partial charge >= 0.3 is 5.69 Å². The van der Waals surface area contributed by atoms with Gasteiger partial charge in [-0.3, -0.25) is 4.98 Å². The summed E-state index contributed by atoms with van der Waals surface area (Å²) in [6.45, 7) is 0.0901. The first-order valence-corrected chi connectivity index (χ1v) is 9.46. The molecule has 0 aliphatic heterocycles. The number of aromatic amines is 2. The molecule has 5 rings (SSSR count).